The van der Waals surface area contributed by atoms with Crippen molar-refractivity contribution >= 4 is 5.91 Å². The molecule has 0 aromatic heterocycles. The van der Waals surface area contributed by atoms with Crippen molar-refractivity contribution in [1.82, 2.24) is 5.32 Å². The van der Waals surface area contributed by atoms with E-state index in [0.29, 0.717) is 6.42 Å². The Morgan fingerprint density at radius 2 is 2.11 bits per heavy atom. The van der Waals surface area contributed by atoms with Crippen LogP contribution in [0.1, 0.15) is 44.2 Å². The minimum atomic E-state index is -0.225. The number of primary amides is 1. The first-order chi connectivity index (χ1) is 9.19. The molecule has 4 heteroatoms. The van der Waals surface area contributed by atoms with Gasteiger partial charge in [0.1, 0.15) is 5.75 Å². The average Bonchev–Trinajstić information content (AvgIpc) is 2.42. The Bertz CT molecular complexity index is 393. The summed E-state index contributed by atoms with van der Waals surface area (Å²) < 4.78 is 5.39. The molecule has 0 saturated carbocycles. The van der Waals surface area contributed by atoms with Gasteiger partial charge in [-0.1, -0.05) is 25.1 Å². The lowest BCUT2D eigenvalue weighted by atomic mass is 10.0. The molecule has 0 aliphatic rings. The summed E-state index contributed by atoms with van der Waals surface area (Å²) in [5.41, 5.74) is 6.30. The molecule has 0 saturated heterocycles. The smallest absolute Gasteiger partial charge is 0.217 e. The van der Waals surface area contributed by atoms with Crippen molar-refractivity contribution in [2.24, 2.45) is 5.73 Å². The van der Waals surface area contributed by atoms with Crippen molar-refractivity contribution in [3.63, 3.8) is 0 Å². The third-order valence-electron chi connectivity index (χ3n) is 3.16. The van der Waals surface area contributed by atoms with E-state index in [1.54, 1.807) is 7.11 Å². The molecule has 1 aromatic rings. The second-order valence-corrected chi connectivity index (χ2v) is 4.58. The van der Waals surface area contributed by atoms with Crippen molar-refractivity contribution < 1.29 is 9.53 Å². The number of rotatable bonds is 9. The van der Waals surface area contributed by atoms with E-state index in [2.05, 4.69) is 18.3 Å². The number of benzene rings is 1. The van der Waals surface area contributed by atoms with E-state index in [9.17, 15) is 4.79 Å². The minimum absolute atomic E-state index is 0.225. The third-order valence-corrected chi connectivity index (χ3v) is 3.16. The second-order valence-electron chi connectivity index (χ2n) is 4.58. The second kappa shape index (κ2) is 8.53. The van der Waals surface area contributed by atoms with Crippen molar-refractivity contribution in [3.8, 4) is 5.75 Å². The Labute approximate surface area is 115 Å². The van der Waals surface area contributed by atoms with Gasteiger partial charge in [-0.25, -0.2) is 0 Å². The number of methoxy groups -OCH3 is 1. The fourth-order valence-electron chi connectivity index (χ4n) is 2.13. The summed E-state index contributed by atoms with van der Waals surface area (Å²) in [7, 11) is 1.69. The Morgan fingerprint density at radius 3 is 2.74 bits per heavy atom. The van der Waals surface area contributed by atoms with Crippen molar-refractivity contribution in [2.75, 3.05) is 13.7 Å². The molecule has 1 aromatic carbocycles. The quantitative estimate of drug-likeness (QED) is 0.673. The van der Waals surface area contributed by atoms with E-state index in [4.69, 9.17) is 10.5 Å². The lowest BCUT2D eigenvalue weighted by Gasteiger charge is -2.19. The molecule has 1 atom stereocenters. The molecule has 19 heavy (non-hydrogen) atoms. The first kappa shape index (κ1) is 15.5. The van der Waals surface area contributed by atoms with Gasteiger partial charge in [0.15, 0.2) is 0 Å². The van der Waals surface area contributed by atoms with Crippen LogP contribution in [0.4, 0.5) is 0 Å². The molecule has 1 amide bonds. The zero-order chi connectivity index (χ0) is 14.1. The number of amides is 1. The van der Waals surface area contributed by atoms with Gasteiger partial charge in [0.2, 0.25) is 5.91 Å². The monoisotopic (exact) mass is 264 g/mol. The molecule has 1 rings (SSSR count). The summed E-state index contributed by atoms with van der Waals surface area (Å²) in [5, 5.41) is 3.50. The number of hydrogen-bond acceptors (Lipinski definition) is 3. The fourth-order valence-corrected chi connectivity index (χ4v) is 2.13. The summed E-state index contributed by atoms with van der Waals surface area (Å²) in [5.74, 6) is 0.691. The number of ether oxygens (including phenoxy) is 1. The lowest BCUT2D eigenvalue weighted by molar-refractivity contribution is -0.118. The highest BCUT2D eigenvalue weighted by atomic mass is 16.5. The Balaban J connectivity index is 2.46. The van der Waals surface area contributed by atoms with Gasteiger partial charge < -0.3 is 15.8 Å². The Hall–Kier alpha value is -1.55. The van der Waals surface area contributed by atoms with Crippen LogP contribution in [0.2, 0.25) is 0 Å². The number of nitrogens with one attached hydrogen (secondary N) is 1. The number of hydrogen-bond donors (Lipinski definition) is 2. The van der Waals surface area contributed by atoms with Gasteiger partial charge in [-0.2, -0.15) is 0 Å². The average molecular weight is 264 g/mol. The number of nitrogens with two attached hydrogens (primary N) is 1. The van der Waals surface area contributed by atoms with Crippen LogP contribution in [0.25, 0.3) is 0 Å². The summed E-state index contributed by atoms with van der Waals surface area (Å²) in [6.07, 6.45) is 3.25. The molecule has 4 nitrogen and oxygen atoms in total. The summed E-state index contributed by atoms with van der Waals surface area (Å²) >= 11 is 0. The number of para-hydroxylation sites is 1. The molecule has 1 unspecified atom stereocenters. The van der Waals surface area contributed by atoms with E-state index in [0.717, 1.165) is 31.6 Å². The SMILES string of the molecule is CCC(NCCCCC(N)=O)c1ccccc1OC. The van der Waals surface area contributed by atoms with Crippen LogP contribution in [-0.2, 0) is 4.79 Å². The van der Waals surface area contributed by atoms with Gasteiger partial charge in [-0.15, -0.1) is 0 Å². The number of carbonyl (C=O) groups is 1. The topological polar surface area (TPSA) is 64.3 Å². The highest BCUT2D eigenvalue weighted by Crippen LogP contribution is 2.26. The molecular formula is C15H24N2O2. The van der Waals surface area contributed by atoms with Crippen LogP contribution in [0.3, 0.4) is 0 Å². The summed E-state index contributed by atoms with van der Waals surface area (Å²) in [6.45, 7) is 3.03. The standard InChI is InChI=1S/C15H24N2O2/c1-3-13(17-11-7-6-10-15(16)18)12-8-4-5-9-14(12)19-2/h4-5,8-9,13,17H,3,6-7,10-11H2,1-2H3,(H2,16,18). The molecule has 0 bridgehead atoms. The van der Waals surface area contributed by atoms with E-state index in [1.165, 1.54) is 5.56 Å². The largest absolute Gasteiger partial charge is 0.496 e. The Morgan fingerprint density at radius 1 is 1.37 bits per heavy atom. The van der Waals surface area contributed by atoms with Gasteiger partial charge in [-0.05, 0) is 31.9 Å². The van der Waals surface area contributed by atoms with Gasteiger partial charge in [0.25, 0.3) is 0 Å². The first-order valence-electron chi connectivity index (χ1n) is 6.83. The minimum Gasteiger partial charge on any atom is -0.496 e. The normalized spacial score (nSPS) is 12.1. The van der Waals surface area contributed by atoms with E-state index in [1.807, 2.05) is 18.2 Å². The fraction of sp³-hybridized carbons (Fsp3) is 0.533. The highest BCUT2D eigenvalue weighted by Gasteiger charge is 2.12. The van der Waals surface area contributed by atoms with Gasteiger partial charge >= 0.3 is 0 Å². The van der Waals surface area contributed by atoms with Crippen LogP contribution >= 0.6 is 0 Å². The zero-order valence-electron chi connectivity index (χ0n) is 11.8. The van der Waals surface area contributed by atoms with E-state index < -0.39 is 0 Å². The number of unbranched alkanes of at least 4 members (excludes halogenated alkanes) is 1. The molecule has 0 spiro atoms. The first-order valence-corrected chi connectivity index (χ1v) is 6.83. The molecule has 3 N–H and O–H groups in total. The van der Waals surface area contributed by atoms with Crippen molar-refractivity contribution in [1.29, 1.82) is 0 Å². The van der Waals surface area contributed by atoms with E-state index >= 15 is 0 Å². The van der Waals surface area contributed by atoms with Crippen LogP contribution < -0.4 is 15.8 Å². The van der Waals surface area contributed by atoms with Gasteiger partial charge in [0.05, 0.1) is 7.11 Å². The molecule has 0 radical (unpaired) electrons. The van der Waals surface area contributed by atoms with Crippen LogP contribution in [-0.4, -0.2) is 19.6 Å². The predicted octanol–water partition coefficient (Wildman–Crippen LogP) is 2.39. The Kier molecular flexibility index (Phi) is 6.97. The van der Waals surface area contributed by atoms with Crippen LogP contribution in [0.15, 0.2) is 24.3 Å². The maximum absolute atomic E-state index is 10.6. The molecule has 0 aliphatic carbocycles. The zero-order valence-corrected chi connectivity index (χ0v) is 11.8. The molecule has 0 aliphatic heterocycles. The molecular weight excluding hydrogens is 240 g/mol. The third kappa shape index (κ3) is 5.30. The maximum Gasteiger partial charge on any atom is 0.217 e. The van der Waals surface area contributed by atoms with Crippen LogP contribution in [0.5, 0.6) is 5.75 Å². The maximum atomic E-state index is 10.6. The number of carbonyl (C=O) groups excluding carboxylic acids is 1. The van der Waals surface area contributed by atoms with Crippen LogP contribution in [0, 0.1) is 0 Å². The summed E-state index contributed by atoms with van der Waals surface area (Å²) in [6, 6.07) is 8.35. The molecule has 0 heterocycles. The van der Waals surface area contributed by atoms with Gasteiger partial charge in [-0.3, -0.25) is 4.79 Å². The van der Waals surface area contributed by atoms with E-state index in [-0.39, 0.29) is 11.9 Å². The predicted molar refractivity (Wildman–Crippen MR) is 77.1 cm³/mol. The van der Waals surface area contributed by atoms with Crippen molar-refractivity contribution in [3.05, 3.63) is 29.8 Å². The van der Waals surface area contributed by atoms with Crippen molar-refractivity contribution in [2.45, 2.75) is 38.6 Å². The highest BCUT2D eigenvalue weighted by molar-refractivity contribution is 5.73. The van der Waals surface area contributed by atoms with Gasteiger partial charge in [0, 0.05) is 18.0 Å². The summed E-state index contributed by atoms with van der Waals surface area (Å²) in [4.78, 5) is 10.6. The molecule has 106 valence electrons. The molecule has 0 fully saturated rings. The lowest BCUT2D eigenvalue weighted by Crippen LogP contribution is -2.22.